The van der Waals surface area contributed by atoms with E-state index in [1.807, 2.05) is 0 Å². The lowest BCUT2D eigenvalue weighted by Gasteiger charge is -2.35. The van der Waals surface area contributed by atoms with E-state index in [1.54, 1.807) is 0 Å². The lowest BCUT2D eigenvalue weighted by molar-refractivity contribution is 0.178. The number of nitrogens with one attached hydrogen (secondary N) is 2. The van der Waals surface area contributed by atoms with Gasteiger partial charge >= 0.3 is 0 Å². The molecule has 6 nitrogen and oxygen atoms in total. The molecule has 2 aromatic rings. The van der Waals surface area contributed by atoms with E-state index in [4.69, 9.17) is 17.2 Å². The van der Waals surface area contributed by atoms with Gasteiger partial charge in [0.25, 0.3) is 0 Å². The van der Waals surface area contributed by atoms with Gasteiger partial charge in [-0.1, -0.05) is 6.92 Å². The Morgan fingerprint density at radius 1 is 1.09 bits per heavy atom. The van der Waals surface area contributed by atoms with Crippen molar-refractivity contribution in [3.63, 3.8) is 0 Å². The Morgan fingerprint density at radius 3 is 2.41 bits per heavy atom. The molecule has 2 N–H and O–H groups in total. The van der Waals surface area contributed by atoms with Crippen molar-refractivity contribution in [3.05, 3.63) is 29.8 Å². The summed E-state index contributed by atoms with van der Waals surface area (Å²) >= 11 is 5.53. The monoisotopic (exact) mass is 456 g/mol. The van der Waals surface area contributed by atoms with Gasteiger partial charge in [0.1, 0.15) is 5.82 Å². The second-order valence-electron chi connectivity index (χ2n) is 9.26. The van der Waals surface area contributed by atoms with Gasteiger partial charge in [-0.25, -0.2) is 4.98 Å². The van der Waals surface area contributed by atoms with Crippen LogP contribution in [0.1, 0.15) is 40.2 Å². The van der Waals surface area contributed by atoms with Crippen LogP contribution in [0.15, 0.2) is 24.3 Å². The number of pyridine rings is 1. The summed E-state index contributed by atoms with van der Waals surface area (Å²) in [4.78, 5) is 12.3. The van der Waals surface area contributed by atoms with Gasteiger partial charge in [-0.15, -0.1) is 0 Å². The molecule has 0 unspecified atom stereocenters. The first kappa shape index (κ1) is 24.7. The highest BCUT2D eigenvalue weighted by Crippen LogP contribution is 2.26. The topological polar surface area (TPSA) is 46.7 Å². The van der Waals surface area contributed by atoms with Crippen LogP contribution in [-0.2, 0) is 0 Å². The molecule has 0 spiro atoms. The maximum atomic E-state index is 5.53. The number of aromatic nitrogens is 1. The van der Waals surface area contributed by atoms with E-state index in [9.17, 15) is 0 Å². The van der Waals surface area contributed by atoms with Gasteiger partial charge in [0.05, 0.1) is 5.52 Å². The third-order valence-electron chi connectivity index (χ3n) is 6.39. The third kappa shape index (κ3) is 6.30. The fourth-order valence-electron chi connectivity index (χ4n) is 4.50. The number of rotatable bonds is 8. The minimum atomic E-state index is 0.523. The minimum Gasteiger partial charge on any atom is -0.361 e. The predicted molar refractivity (Wildman–Crippen MR) is 142 cm³/mol. The molecule has 0 aliphatic carbocycles. The summed E-state index contributed by atoms with van der Waals surface area (Å²) in [5.74, 6) is 1.09. The molecule has 1 aromatic carbocycles. The lowest BCUT2D eigenvalue weighted by atomic mass is 10.1. The van der Waals surface area contributed by atoms with Gasteiger partial charge in [-0.2, -0.15) is 0 Å². The summed E-state index contributed by atoms with van der Waals surface area (Å²) < 4.78 is 0. The summed E-state index contributed by atoms with van der Waals surface area (Å²) in [6.07, 6.45) is 0. The van der Waals surface area contributed by atoms with Crippen LogP contribution in [-0.4, -0.2) is 77.8 Å². The first-order chi connectivity index (χ1) is 15.3. The number of aryl methyl sites for hydroxylation is 1. The maximum absolute atomic E-state index is 5.53. The van der Waals surface area contributed by atoms with Crippen molar-refractivity contribution in [2.75, 3.05) is 56.0 Å². The Bertz CT molecular complexity index is 897. The van der Waals surface area contributed by atoms with E-state index in [-0.39, 0.29) is 0 Å². The highest BCUT2D eigenvalue weighted by Gasteiger charge is 2.18. The van der Waals surface area contributed by atoms with E-state index < -0.39 is 0 Å². The molecule has 0 radical (unpaired) electrons. The zero-order valence-electron chi connectivity index (χ0n) is 20.6. The minimum absolute atomic E-state index is 0.523. The number of thiocarbonyl (C=S) groups is 1. The Labute approximate surface area is 199 Å². The summed E-state index contributed by atoms with van der Waals surface area (Å²) in [6, 6.07) is 9.58. The standard InChI is InChI=1S/C25H40N6S/c1-7-29-12-14-30(15-13-29)24-16-20(6)22-17-21(8-9-23(22)28-24)27-25(32)26-10-11-31(18(2)3)19(4)5/h8-9,16-19H,7,10-15H2,1-6H3,(H2,26,27,32). The zero-order valence-corrected chi connectivity index (χ0v) is 21.4. The Morgan fingerprint density at radius 2 is 1.78 bits per heavy atom. The average Bonchev–Trinajstić information content (AvgIpc) is 2.76. The maximum Gasteiger partial charge on any atom is 0.170 e. The normalized spacial score (nSPS) is 15.2. The molecule has 3 rings (SSSR count). The van der Waals surface area contributed by atoms with E-state index in [2.05, 4.69) is 91.1 Å². The molecular formula is C25H40N6S. The Kier molecular flexibility index (Phi) is 8.68. The van der Waals surface area contributed by atoms with Gasteiger partial charge in [0, 0.05) is 62.4 Å². The first-order valence-corrected chi connectivity index (χ1v) is 12.4. The molecule has 0 bridgehead atoms. The molecule has 7 heteroatoms. The van der Waals surface area contributed by atoms with Gasteiger partial charge in [-0.05, 0) is 83.2 Å². The summed E-state index contributed by atoms with van der Waals surface area (Å²) in [6.45, 7) is 20.5. The van der Waals surface area contributed by atoms with Crippen molar-refractivity contribution in [3.8, 4) is 0 Å². The second-order valence-corrected chi connectivity index (χ2v) is 9.67. The molecule has 1 aliphatic rings. The van der Waals surface area contributed by atoms with Crippen LogP contribution in [0.5, 0.6) is 0 Å². The van der Waals surface area contributed by atoms with Gasteiger partial charge < -0.3 is 20.4 Å². The number of hydrogen-bond donors (Lipinski definition) is 2. The molecule has 0 atom stereocenters. The largest absolute Gasteiger partial charge is 0.361 e. The fraction of sp³-hybridized carbons (Fsp3) is 0.600. The number of likely N-dealkylation sites (N-methyl/N-ethyl adjacent to an activating group) is 1. The van der Waals surface area contributed by atoms with Gasteiger partial charge in [0.15, 0.2) is 5.11 Å². The number of fused-ring (bicyclic) bond motifs is 1. The SMILES string of the molecule is CCN1CCN(c2cc(C)c3cc(NC(=S)NCCN(C(C)C)C(C)C)ccc3n2)CC1. The molecule has 1 aliphatic heterocycles. The van der Waals surface area contributed by atoms with Crippen LogP contribution in [0, 0.1) is 6.92 Å². The van der Waals surface area contributed by atoms with Crippen LogP contribution in [0.3, 0.4) is 0 Å². The Hall–Kier alpha value is -1.96. The predicted octanol–water partition coefficient (Wildman–Crippen LogP) is 4.09. The Balaban J connectivity index is 1.61. The number of nitrogens with zero attached hydrogens (tertiary/aromatic N) is 4. The van der Waals surface area contributed by atoms with Crippen LogP contribution in [0.4, 0.5) is 11.5 Å². The average molecular weight is 457 g/mol. The smallest absolute Gasteiger partial charge is 0.170 e. The highest BCUT2D eigenvalue weighted by atomic mass is 32.1. The molecule has 1 aromatic heterocycles. The van der Waals surface area contributed by atoms with Crippen LogP contribution in [0.25, 0.3) is 10.9 Å². The fourth-order valence-corrected chi connectivity index (χ4v) is 4.72. The van der Waals surface area contributed by atoms with Crippen molar-refractivity contribution in [1.29, 1.82) is 0 Å². The molecule has 1 fully saturated rings. The van der Waals surface area contributed by atoms with E-state index >= 15 is 0 Å². The van der Waals surface area contributed by atoms with Crippen molar-refractivity contribution < 1.29 is 0 Å². The molecule has 0 saturated carbocycles. The third-order valence-corrected chi connectivity index (χ3v) is 6.63. The number of hydrogen-bond acceptors (Lipinski definition) is 5. The van der Waals surface area contributed by atoms with Gasteiger partial charge in [0.2, 0.25) is 0 Å². The summed E-state index contributed by atoms with van der Waals surface area (Å²) in [7, 11) is 0. The summed E-state index contributed by atoms with van der Waals surface area (Å²) in [5, 5.41) is 8.51. The second kappa shape index (κ2) is 11.3. The van der Waals surface area contributed by atoms with Crippen LogP contribution < -0.4 is 15.5 Å². The number of piperazine rings is 1. The molecule has 2 heterocycles. The molecule has 32 heavy (non-hydrogen) atoms. The van der Waals surface area contributed by atoms with Crippen molar-refractivity contribution in [2.24, 2.45) is 0 Å². The quantitative estimate of drug-likeness (QED) is 0.580. The number of benzene rings is 1. The van der Waals surface area contributed by atoms with E-state index in [0.717, 1.165) is 62.8 Å². The first-order valence-electron chi connectivity index (χ1n) is 12.0. The molecule has 176 valence electrons. The zero-order chi connectivity index (χ0) is 23.3. The van der Waals surface area contributed by atoms with E-state index in [0.29, 0.717) is 17.2 Å². The van der Waals surface area contributed by atoms with Crippen molar-refractivity contribution >= 4 is 39.7 Å². The number of anilines is 2. The molecule has 0 amide bonds. The summed E-state index contributed by atoms with van der Waals surface area (Å²) in [5.41, 5.74) is 3.27. The van der Waals surface area contributed by atoms with Crippen molar-refractivity contribution in [1.82, 2.24) is 20.1 Å². The highest BCUT2D eigenvalue weighted by molar-refractivity contribution is 7.80. The lowest BCUT2D eigenvalue weighted by Crippen LogP contribution is -2.46. The molecular weight excluding hydrogens is 416 g/mol. The van der Waals surface area contributed by atoms with Crippen molar-refractivity contribution in [2.45, 2.75) is 53.6 Å². The van der Waals surface area contributed by atoms with Gasteiger partial charge in [-0.3, -0.25) is 4.90 Å². The van der Waals surface area contributed by atoms with Crippen LogP contribution >= 0.6 is 12.2 Å². The molecule has 1 saturated heterocycles. The van der Waals surface area contributed by atoms with E-state index in [1.165, 1.54) is 10.9 Å². The van der Waals surface area contributed by atoms with Crippen LogP contribution in [0.2, 0.25) is 0 Å².